The van der Waals surface area contributed by atoms with E-state index in [0.717, 1.165) is 6.42 Å². The molecule has 0 aliphatic carbocycles. The van der Waals surface area contributed by atoms with Crippen molar-refractivity contribution >= 4 is 29.2 Å². The summed E-state index contributed by atoms with van der Waals surface area (Å²) in [6, 6.07) is 1.69. The summed E-state index contributed by atoms with van der Waals surface area (Å²) in [6.07, 6.45) is 2.22. The van der Waals surface area contributed by atoms with Gasteiger partial charge in [-0.05, 0) is 24.6 Å². The van der Waals surface area contributed by atoms with E-state index in [1.165, 1.54) is 6.08 Å². The lowest BCUT2D eigenvalue weighted by molar-refractivity contribution is 0.292. The van der Waals surface area contributed by atoms with Gasteiger partial charge in [0.1, 0.15) is 0 Å². The van der Waals surface area contributed by atoms with Gasteiger partial charge in [0.05, 0.1) is 12.7 Å². The number of hydrogen-bond donors (Lipinski definition) is 1. The summed E-state index contributed by atoms with van der Waals surface area (Å²) in [5, 5.41) is 7.51. The van der Waals surface area contributed by atoms with Crippen LogP contribution in [0.5, 0.6) is 0 Å². The van der Waals surface area contributed by atoms with Crippen LogP contribution in [0.4, 0.5) is 0 Å². The molecule has 0 aromatic rings. The normalized spacial score (nSPS) is 7.92. The van der Waals surface area contributed by atoms with E-state index in [0.29, 0.717) is 16.9 Å². The molecule has 0 unspecified atom stereocenters. The van der Waals surface area contributed by atoms with E-state index in [9.17, 15) is 0 Å². The molecule has 0 saturated carbocycles. The first-order valence-electron chi connectivity index (χ1n) is 3.90. The molecule has 0 atom stereocenters. The molecule has 0 N–H and O–H groups in total. The third-order valence-corrected chi connectivity index (χ3v) is 1.26. The van der Waals surface area contributed by atoms with Crippen molar-refractivity contribution in [1.29, 1.82) is 5.26 Å². The Labute approximate surface area is 91.0 Å². The minimum atomic E-state index is 0.343. The highest BCUT2D eigenvalue weighted by Gasteiger charge is 1.93. The number of ether oxygens (including phenoxy) is 1. The number of nitrogens with zero attached hydrogens (tertiary/aromatic N) is 1. The molecule has 0 saturated heterocycles. The van der Waals surface area contributed by atoms with Crippen LogP contribution in [-0.2, 0) is 4.74 Å². The zero-order chi connectivity index (χ0) is 10.7. The van der Waals surface area contributed by atoms with Gasteiger partial charge in [0.2, 0.25) is 4.38 Å². The molecule has 0 aliphatic heterocycles. The second kappa shape index (κ2) is 11.5. The quantitative estimate of drug-likeness (QED) is 0.448. The van der Waals surface area contributed by atoms with Gasteiger partial charge in [0, 0.05) is 6.08 Å². The molecule has 0 amide bonds. The number of allylic oxidation sites excluding steroid dienone is 1. The molecular formula is C9H15NOS2. The predicted octanol–water partition coefficient (Wildman–Crippen LogP) is 2.96. The van der Waals surface area contributed by atoms with Crippen LogP contribution in [0.3, 0.4) is 0 Å². The van der Waals surface area contributed by atoms with Crippen molar-refractivity contribution < 1.29 is 4.74 Å². The maximum atomic E-state index is 7.51. The van der Waals surface area contributed by atoms with E-state index in [2.05, 4.69) is 45.3 Å². The van der Waals surface area contributed by atoms with Crippen LogP contribution >= 0.6 is 24.8 Å². The molecule has 74 valence electrons. The lowest BCUT2D eigenvalue weighted by atomic mass is 10.1. The second-order valence-electron chi connectivity index (χ2n) is 2.63. The summed E-state index contributed by atoms with van der Waals surface area (Å²) in [5.74, 6) is 0.674. The summed E-state index contributed by atoms with van der Waals surface area (Å²) in [5.41, 5.74) is 0. The van der Waals surface area contributed by atoms with Crippen LogP contribution < -0.4 is 0 Å². The van der Waals surface area contributed by atoms with Crippen molar-refractivity contribution in [2.75, 3.05) is 6.61 Å². The predicted molar refractivity (Wildman–Crippen MR) is 62.8 cm³/mol. The molecule has 13 heavy (non-hydrogen) atoms. The molecule has 0 aliphatic rings. The Balaban J connectivity index is 0. The molecule has 4 heteroatoms. The van der Waals surface area contributed by atoms with Crippen LogP contribution in [0, 0.1) is 17.2 Å². The Bertz CT molecular complexity index is 185. The van der Waals surface area contributed by atoms with Gasteiger partial charge in [0.15, 0.2) is 0 Å². The highest BCUT2D eigenvalue weighted by Crippen LogP contribution is 1.99. The lowest BCUT2D eigenvalue weighted by Gasteiger charge is -2.04. The Morgan fingerprint density at radius 3 is 2.46 bits per heavy atom. The fourth-order valence-electron chi connectivity index (χ4n) is 0.382. The zero-order valence-electron chi connectivity index (χ0n) is 7.99. The van der Waals surface area contributed by atoms with Gasteiger partial charge in [-0.25, -0.2) is 0 Å². The van der Waals surface area contributed by atoms with E-state index in [4.69, 9.17) is 10.00 Å². The van der Waals surface area contributed by atoms with Crippen LogP contribution in [0.25, 0.3) is 0 Å². The number of hydrogen-bond acceptors (Lipinski definition) is 3. The summed E-state index contributed by atoms with van der Waals surface area (Å²) in [6.45, 7) is 8.10. The monoisotopic (exact) mass is 217 g/mol. The average Bonchev–Trinajstić information content (AvgIpc) is 2.03. The van der Waals surface area contributed by atoms with Gasteiger partial charge in [-0.3, -0.25) is 0 Å². The SMILES string of the molecule is C=CC#N.CC(C)CCOC(=S)S. The number of thiol groups is 1. The van der Waals surface area contributed by atoms with E-state index >= 15 is 0 Å². The molecule has 0 bridgehead atoms. The van der Waals surface area contributed by atoms with Crippen molar-refractivity contribution in [2.45, 2.75) is 20.3 Å². The van der Waals surface area contributed by atoms with E-state index in [1.54, 1.807) is 6.07 Å². The molecular weight excluding hydrogens is 202 g/mol. The molecule has 0 radical (unpaired) electrons. The molecule has 0 spiro atoms. The van der Waals surface area contributed by atoms with Gasteiger partial charge in [-0.2, -0.15) is 5.26 Å². The Morgan fingerprint density at radius 2 is 2.23 bits per heavy atom. The van der Waals surface area contributed by atoms with Crippen LogP contribution in [0.1, 0.15) is 20.3 Å². The smallest absolute Gasteiger partial charge is 0.216 e. The highest BCUT2D eigenvalue weighted by molar-refractivity contribution is 8.10. The lowest BCUT2D eigenvalue weighted by Crippen LogP contribution is -1.99. The third kappa shape index (κ3) is 24.6. The van der Waals surface area contributed by atoms with Gasteiger partial charge >= 0.3 is 0 Å². The first kappa shape index (κ1) is 15.0. The molecule has 2 nitrogen and oxygen atoms in total. The number of thiocarbonyl (C=S) groups is 1. The van der Waals surface area contributed by atoms with Crippen LogP contribution in [0.15, 0.2) is 12.7 Å². The van der Waals surface area contributed by atoms with Crippen LogP contribution in [-0.4, -0.2) is 11.0 Å². The average molecular weight is 217 g/mol. The fraction of sp³-hybridized carbons (Fsp3) is 0.556. The Hall–Kier alpha value is -0.530. The van der Waals surface area contributed by atoms with Gasteiger partial charge < -0.3 is 4.74 Å². The standard InChI is InChI=1S/C6H12OS2.C3H3N/c1-5(2)3-4-7-6(8)9;1-2-3-4/h5H,3-4H2,1-2H3,(H,8,9);2H,1H2. The van der Waals surface area contributed by atoms with Crippen molar-refractivity contribution in [2.24, 2.45) is 5.92 Å². The molecule has 0 aromatic carbocycles. The van der Waals surface area contributed by atoms with E-state index in [-0.39, 0.29) is 0 Å². The van der Waals surface area contributed by atoms with Crippen molar-refractivity contribution in [1.82, 2.24) is 0 Å². The summed E-state index contributed by atoms with van der Waals surface area (Å²) < 4.78 is 5.29. The summed E-state index contributed by atoms with van der Waals surface area (Å²) >= 11 is 8.40. The second-order valence-corrected chi connectivity index (χ2v) is 3.71. The Morgan fingerprint density at radius 1 is 1.77 bits per heavy atom. The van der Waals surface area contributed by atoms with Crippen molar-refractivity contribution in [3.05, 3.63) is 12.7 Å². The summed E-state index contributed by atoms with van der Waals surface area (Å²) in [4.78, 5) is 0. The molecule has 0 heterocycles. The maximum Gasteiger partial charge on any atom is 0.216 e. The van der Waals surface area contributed by atoms with Gasteiger partial charge in [-0.1, -0.05) is 33.1 Å². The first-order valence-corrected chi connectivity index (χ1v) is 4.76. The number of nitriles is 1. The third-order valence-electron chi connectivity index (χ3n) is 1.01. The topological polar surface area (TPSA) is 33.0 Å². The minimum Gasteiger partial charge on any atom is -0.479 e. The Kier molecular flexibility index (Phi) is 13.2. The minimum absolute atomic E-state index is 0.343. The van der Waals surface area contributed by atoms with Crippen molar-refractivity contribution in [3.8, 4) is 6.07 Å². The maximum absolute atomic E-state index is 7.51. The summed E-state index contributed by atoms with van der Waals surface area (Å²) in [7, 11) is 0. The largest absolute Gasteiger partial charge is 0.479 e. The molecule has 0 aromatic heterocycles. The zero-order valence-corrected chi connectivity index (χ0v) is 9.70. The van der Waals surface area contributed by atoms with E-state index < -0.39 is 0 Å². The van der Waals surface area contributed by atoms with Gasteiger partial charge in [0.25, 0.3) is 0 Å². The number of rotatable bonds is 3. The van der Waals surface area contributed by atoms with Crippen molar-refractivity contribution in [3.63, 3.8) is 0 Å². The van der Waals surface area contributed by atoms with Crippen LogP contribution in [0.2, 0.25) is 0 Å². The first-order chi connectivity index (χ1) is 6.04. The van der Waals surface area contributed by atoms with Gasteiger partial charge in [-0.15, -0.1) is 0 Å². The fourth-order valence-corrected chi connectivity index (χ4v) is 0.557. The molecule has 0 rings (SSSR count). The van der Waals surface area contributed by atoms with E-state index in [1.807, 2.05) is 0 Å². The molecule has 0 fully saturated rings. The highest BCUT2D eigenvalue weighted by atomic mass is 32.1.